The number of urea groups is 1. The average Bonchev–Trinajstić information content (AvgIpc) is 3.14. The molecule has 0 fully saturated rings. The van der Waals surface area contributed by atoms with E-state index < -0.39 is 0 Å². The Morgan fingerprint density at radius 1 is 1.38 bits per heavy atom. The number of aryl methyl sites for hydroxylation is 1. The number of benzene rings is 1. The van der Waals surface area contributed by atoms with Crippen molar-refractivity contribution < 1.29 is 19.0 Å². The summed E-state index contributed by atoms with van der Waals surface area (Å²) in [5.41, 5.74) is 2.41. The van der Waals surface area contributed by atoms with Crippen LogP contribution in [0.15, 0.2) is 18.2 Å². The maximum absolute atomic E-state index is 12.2. The fourth-order valence-corrected chi connectivity index (χ4v) is 2.52. The lowest BCUT2D eigenvalue weighted by molar-refractivity contribution is 0.174. The highest BCUT2D eigenvalue weighted by atomic mass is 16.7. The number of nitrogens with one attached hydrogen (secondary N) is 3. The second kappa shape index (κ2) is 6.69. The Bertz CT molecular complexity index is 744. The van der Waals surface area contributed by atoms with Crippen LogP contribution in [0.2, 0.25) is 0 Å². The lowest BCUT2D eigenvalue weighted by Crippen LogP contribution is -2.37. The fraction of sp³-hybridized carbons (Fsp3) is 0.375. The van der Waals surface area contributed by atoms with Gasteiger partial charge in [0.2, 0.25) is 6.79 Å². The number of methoxy groups -OCH3 is 1. The van der Waals surface area contributed by atoms with Gasteiger partial charge in [0.15, 0.2) is 11.5 Å². The molecule has 2 heterocycles. The maximum atomic E-state index is 12.2. The van der Waals surface area contributed by atoms with Crippen LogP contribution >= 0.6 is 0 Å². The van der Waals surface area contributed by atoms with E-state index in [1.165, 1.54) is 7.11 Å². The smallest absolute Gasteiger partial charge is 0.319 e. The fourth-order valence-electron chi connectivity index (χ4n) is 2.52. The van der Waals surface area contributed by atoms with E-state index in [4.69, 9.17) is 14.2 Å². The van der Waals surface area contributed by atoms with Crippen LogP contribution in [0.5, 0.6) is 17.2 Å². The molecule has 3 rings (SSSR count). The third-order valence-corrected chi connectivity index (χ3v) is 3.59. The SMILES string of the molecule is COc1cc2c(cc1NC(=O)N[C@@H](C)Cc1cc(C)[nH]n1)OCO2. The molecule has 128 valence electrons. The van der Waals surface area contributed by atoms with Gasteiger partial charge < -0.3 is 24.8 Å². The normalized spacial score (nSPS) is 13.5. The first-order chi connectivity index (χ1) is 11.5. The molecular formula is C16H20N4O4. The van der Waals surface area contributed by atoms with Gasteiger partial charge in [0.05, 0.1) is 18.5 Å². The first-order valence-electron chi connectivity index (χ1n) is 7.61. The van der Waals surface area contributed by atoms with Crippen molar-refractivity contribution in [3.63, 3.8) is 0 Å². The van der Waals surface area contributed by atoms with Gasteiger partial charge in [-0.1, -0.05) is 0 Å². The molecule has 1 aromatic carbocycles. The Balaban J connectivity index is 1.62. The standard InChI is InChI=1S/C16H20N4O4/c1-9(4-11-5-10(2)19-20-11)17-16(21)18-12-6-14-15(24-8-23-14)7-13(12)22-3/h5-7,9H,4,8H2,1-3H3,(H,19,20)(H2,17,18,21)/t9-/m0/s1. The molecule has 0 saturated carbocycles. The zero-order valence-corrected chi connectivity index (χ0v) is 13.8. The molecule has 1 atom stereocenters. The average molecular weight is 332 g/mol. The van der Waals surface area contributed by atoms with E-state index in [-0.39, 0.29) is 18.9 Å². The van der Waals surface area contributed by atoms with Gasteiger partial charge in [-0.25, -0.2) is 4.79 Å². The first kappa shape index (κ1) is 16.0. The topological polar surface area (TPSA) is 97.5 Å². The van der Waals surface area contributed by atoms with E-state index in [0.29, 0.717) is 29.4 Å². The highest BCUT2D eigenvalue weighted by Crippen LogP contribution is 2.40. The van der Waals surface area contributed by atoms with Crippen molar-refractivity contribution >= 4 is 11.7 Å². The number of carbonyl (C=O) groups is 1. The number of hydrogen-bond donors (Lipinski definition) is 3. The number of ether oxygens (including phenoxy) is 3. The number of anilines is 1. The molecule has 3 N–H and O–H groups in total. The summed E-state index contributed by atoms with van der Waals surface area (Å²) < 4.78 is 15.9. The molecule has 1 aliphatic heterocycles. The number of hydrogen-bond acceptors (Lipinski definition) is 5. The minimum Gasteiger partial charge on any atom is -0.494 e. The Hall–Kier alpha value is -2.90. The molecule has 2 amide bonds. The summed E-state index contributed by atoms with van der Waals surface area (Å²) in [6, 6.07) is 4.92. The van der Waals surface area contributed by atoms with Gasteiger partial charge >= 0.3 is 6.03 Å². The van der Waals surface area contributed by atoms with E-state index in [0.717, 1.165) is 11.4 Å². The minimum atomic E-state index is -0.327. The van der Waals surface area contributed by atoms with Crippen LogP contribution in [0.3, 0.4) is 0 Å². The summed E-state index contributed by atoms with van der Waals surface area (Å²) in [7, 11) is 1.53. The van der Waals surface area contributed by atoms with Crippen LogP contribution in [-0.2, 0) is 6.42 Å². The predicted molar refractivity (Wildman–Crippen MR) is 87.8 cm³/mol. The number of amides is 2. The zero-order valence-electron chi connectivity index (χ0n) is 13.8. The number of carbonyl (C=O) groups excluding carboxylic acids is 1. The summed E-state index contributed by atoms with van der Waals surface area (Å²) in [5, 5.41) is 12.7. The van der Waals surface area contributed by atoms with Crippen molar-refractivity contribution in [2.24, 2.45) is 0 Å². The number of aromatic nitrogens is 2. The molecule has 24 heavy (non-hydrogen) atoms. The Morgan fingerprint density at radius 3 is 2.79 bits per heavy atom. The van der Waals surface area contributed by atoms with Crippen molar-refractivity contribution in [3.8, 4) is 17.2 Å². The third-order valence-electron chi connectivity index (χ3n) is 3.59. The lowest BCUT2D eigenvalue weighted by Gasteiger charge is -2.15. The molecule has 0 saturated heterocycles. The number of fused-ring (bicyclic) bond motifs is 1. The van der Waals surface area contributed by atoms with Gasteiger partial charge in [-0.15, -0.1) is 0 Å². The molecular weight excluding hydrogens is 312 g/mol. The molecule has 0 unspecified atom stereocenters. The quantitative estimate of drug-likeness (QED) is 0.780. The van der Waals surface area contributed by atoms with Gasteiger partial charge in [-0.05, 0) is 19.9 Å². The highest BCUT2D eigenvalue weighted by Gasteiger charge is 2.19. The van der Waals surface area contributed by atoms with Crippen molar-refractivity contribution in [1.82, 2.24) is 15.5 Å². The Morgan fingerprint density at radius 2 is 2.12 bits per heavy atom. The third kappa shape index (κ3) is 3.53. The summed E-state index contributed by atoms with van der Waals surface area (Å²) in [6.07, 6.45) is 0.635. The van der Waals surface area contributed by atoms with Gasteiger partial charge in [0.25, 0.3) is 0 Å². The van der Waals surface area contributed by atoms with Gasteiger partial charge in [-0.2, -0.15) is 5.10 Å². The minimum absolute atomic E-state index is 0.0762. The van der Waals surface area contributed by atoms with E-state index in [1.807, 2.05) is 19.9 Å². The number of aromatic amines is 1. The molecule has 1 aromatic heterocycles. The summed E-state index contributed by atoms with van der Waals surface area (Å²) in [5.74, 6) is 1.68. The molecule has 0 aliphatic carbocycles. The van der Waals surface area contributed by atoms with Crippen molar-refractivity contribution in [2.45, 2.75) is 26.3 Å². The highest BCUT2D eigenvalue weighted by molar-refractivity contribution is 5.91. The van der Waals surface area contributed by atoms with E-state index in [2.05, 4.69) is 20.8 Å². The lowest BCUT2D eigenvalue weighted by atomic mass is 10.2. The molecule has 2 aromatic rings. The van der Waals surface area contributed by atoms with E-state index >= 15 is 0 Å². The monoisotopic (exact) mass is 332 g/mol. The first-order valence-corrected chi connectivity index (χ1v) is 7.61. The van der Waals surface area contributed by atoms with Gasteiger partial charge in [-0.3, -0.25) is 5.10 Å². The second-order valence-electron chi connectivity index (χ2n) is 5.65. The van der Waals surface area contributed by atoms with Crippen LogP contribution in [0.25, 0.3) is 0 Å². The molecule has 8 nitrogen and oxygen atoms in total. The molecule has 0 radical (unpaired) electrons. The zero-order chi connectivity index (χ0) is 17.1. The van der Waals surface area contributed by atoms with Crippen LogP contribution in [0.1, 0.15) is 18.3 Å². The summed E-state index contributed by atoms with van der Waals surface area (Å²) >= 11 is 0. The van der Waals surface area contributed by atoms with E-state index in [9.17, 15) is 4.79 Å². The Kier molecular flexibility index (Phi) is 4.45. The predicted octanol–water partition coefficient (Wildman–Crippen LogP) is 2.21. The number of rotatable bonds is 5. The molecule has 1 aliphatic rings. The van der Waals surface area contributed by atoms with Gasteiger partial charge in [0, 0.05) is 30.3 Å². The largest absolute Gasteiger partial charge is 0.494 e. The van der Waals surface area contributed by atoms with Crippen LogP contribution in [0.4, 0.5) is 10.5 Å². The Labute approximate surface area is 139 Å². The molecule has 0 spiro atoms. The second-order valence-corrected chi connectivity index (χ2v) is 5.65. The maximum Gasteiger partial charge on any atom is 0.319 e. The summed E-state index contributed by atoms with van der Waals surface area (Å²) in [4.78, 5) is 12.2. The van der Waals surface area contributed by atoms with Crippen LogP contribution in [-0.4, -0.2) is 36.2 Å². The van der Waals surface area contributed by atoms with Crippen LogP contribution < -0.4 is 24.8 Å². The van der Waals surface area contributed by atoms with Crippen molar-refractivity contribution in [3.05, 3.63) is 29.6 Å². The summed E-state index contributed by atoms with van der Waals surface area (Å²) in [6.45, 7) is 4.02. The van der Waals surface area contributed by atoms with Crippen molar-refractivity contribution in [2.75, 3.05) is 19.2 Å². The molecule has 0 bridgehead atoms. The number of H-pyrrole nitrogens is 1. The van der Waals surface area contributed by atoms with Gasteiger partial charge in [0.1, 0.15) is 5.75 Å². The number of nitrogens with zero attached hydrogens (tertiary/aromatic N) is 1. The van der Waals surface area contributed by atoms with Crippen molar-refractivity contribution in [1.29, 1.82) is 0 Å². The van der Waals surface area contributed by atoms with E-state index in [1.54, 1.807) is 12.1 Å². The molecule has 8 heteroatoms. The van der Waals surface area contributed by atoms with Crippen LogP contribution in [0, 0.1) is 6.92 Å².